The summed E-state index contributed by atoms with van der Waals surface area (Å²) >= 11 is 3.89. The first kappa shape index (κ1) is 34.4. The minimum absolute atomic E-state index is 0.330. The van der Waals surface area contributed by atoms with Crippen molar-refractivity contribution in [3.8, 4) is 5.75 Å². The van der Waals surface area contributed by atoms with Gasteiger partial charge in [0.1, 0.15) is 11.0 Å². The Labute approximate surface area is 236 Å². The van der Waals surface area contributed by atoms with Gasteiger partial charge in [0.15, 0.2) is 0 Å². The summed E-state index contributed by atoms with van der Waals surface area (Å²) in [5.41, 5.74) is 2.65. The van der Waals surface area contributed by atoms with E-state index in [2.05, 4.69) is 74.1 Å². The third-order valence-electron chi connectivity index (χ3n) is 6.83. The summed E-state index contributed by atoms with van der Waals surface area (Å²) in [4.78, 5) is 0. The van der Waals surface area contributed by atoms with E-state index in [9.17, 15) is 13.2 Å². The van der Waals surface area contributed by atoms with E-state index in [4.69, 9.17) is 4.74 Å². The molecule has 0 heterocycles. The minimum Gasteiger partial charge on any atom is -0.494 e. The maximum Gasteiger partial charge on any atom is 0.379 e. The van der Waals surface area contributed by atoms with Gasteiger partial charge in [0.2, 0.25) is 0 Å². The Kier molecular flexibility index (Phi) is 22.1. The third-order valence-corrected chi connectivity index (χ3v) is 7.37. The zero-order valence-corrected chi connectivity index (χ0v) is 24.6. The predicted molar refractivity (Wildman–Crippen MR) is 162 cm³/mol. The van der Waals surface area contributed by atoms with Gasteiger partial charge < -0.3 is 4.74 Å². The zero-order valence-electron chi connectivity index (χ0n) is 23.6. The van der Waals surface area contributed by atoms with Crippen LogP contribution >= 0.6 is 0 Å². The van der Waals surface area contributed by atoms with Crippen molar-refractivity contribution in [3.05, 3.63) is 65.7 Å². The van der Waals surface area contributed by atoms with Gasteiger partial charge in [-0.1, -0.05) is 146 Å². The fraction of sp³-hybridized carbons (Fsp3) is 0.636. The van der Waals surface area contributed by atoms with Crippen LogP contribution in [-0.2, 0) is 19.0 Å². The van der Waals surface area contributed by atoms with Crippen LogP contribution in [0.4, 0.5) is 13.2 Å². The van der Waals surface area contributed by atoms with Crippen molar-refractivity contribution < 1.29 is 17.9 Å². The lowest BCUT2D eigenvalue weighted by atomic mass is 10.0. The number of ether oxygens (including phenoxy) is 1. The molecule has 38 heavy (non-hydrogen) atoms. The van der Waals surface area contributed by atoms with Gasteiger partial charge in [0, 0.05) is 12.0 Å². The number of benzene rings is 2. The van der Waals surface area contributed by atoms with Gasteiger partial charge in [-0.2, -0.15) is 13.2 Å². The first-order valence-electron chi connectivity index (χ1n) is 14.9. The summed E-state index contributed by atoms with van der Waals surface area (Å²) in [6.07, 6.45) is 23.4. The van der Waals surface area contributed by atoms with Gasteiger partial charge in [-0.05, 0) is 36.7 Å². The number of unbranched alkanes of at least 4 members (excludes halogenated alkanes) is 15. The predicted octanol–water partition coefficient (Wildman–Crippen LogP) is 10.8. The second kappa shape index (κ2) is 24.4. The summed E-state index contributed by atoms with van der Waals surface area (Å²) in [5, 5.41) is 0.330. The van der Waals surface area contributed by atoms with E-state index in [1.54, 1.807) is 0 Å². The molecule has 1 unspecified atom stereocenters. The molecule has 0 spiro atoms. The van der Waals surface area contributed by atoms with Crippen LogP contribution in [0.3, 0.4) is 0 Å². The molecule has 2 aromatic rings. The molecule has 5 heteroatoms. The summed E-state index contributed by atoms with van der Waals surface area (Å²) in [5.74, 6) is 0.989. The number of hydrogen-bond acceptors (Lipinski definition) is 1. The lowest BCUT2D eigenvalue weighted by Crippen LogP contribution is -2.00. The molecule has 0 amide bonds. The second-order valence-electron chi connectivity index (χ2n) is 10.2. The molecule has 0 saturated heterocycles. The van der Waals surface area contributed by atoms with Crippen LogP contribution in [0, 0.1) is 0 Å². The number of alkyl halides is 3. The van der Waals surface area contributed by atoms with Gasteiger partial charge in [0.05, 0.1) is 6.61 Å². The first-order chi connectivity index (χ1) is 18.5. The van der Waals surface area contributed by atoms with Gasteiger partial charge >= 0.3 is 6.68 Å². The molecule has 0 aliphatic carbocycles. The standard InChI is InChI=1S/C32H50OS.CHF3/c1-2-3-4-5-6-7-8-9-10-11-12-13-14-15-16-20-27-33-31-25-23-30(24-26-31)32(34)28-29-21-18-17-19-22-29;2-1(3)4/h17-19,21-26,32,34H,2-16,20,27-28H2,1H3;1H/p+1. The Bertz CT molecular complexity index is 752. The quantitative estimate of drug-likeness (QED) is 0.110. The van der Waals surface area contributed by atoms with Gasteiger partial charge in [0.25, 0.3) is 0 Å². The summed E-state index contributed by atoms with van der Waals surface area (Å²) in [7, 11) is 0. The molecular formula is C33H52F3OS+. The number of halogens is 3. The fourth-order valence-electron chi connectivity index (χ4n) is 4.60. The molecule has 2 aromatic carbocycles. The normalized spacial score (nSPS) is 11.7. The highest BCUT2D eigenvalue weighted by Gasteiger charge is 2.12. The molecule has 0 aliphatic heterocycles. The van der Waals surface area contributed by atoms with Crippen LogP contribution in [0.2, 0.25) is 0 Å². The van der Waals surface area contributed by atoms with Crippen molar-refractivity contribution in [3.63, 3.8) is 0 Å². The average molecular weight is 554 g/mol. The van der Waals surface area contributed by atoms with E-state index in [1.807, 2.05) is 0 Å². The Morgan fingerprint density at radius 1 is 0.605 bits per heavy atom. The minimum atomic E-state index is -3.67. The van der Waals surface area contributed by atoms with Crippen LogP contribution in [0.5, 0.6) is 5.75 Å². The molecule has 0 N–H and O–H groups in total. The summed E-state index contributed by atoms with van der Waals surface area (Å²) in [6, 6.07) is 19.2. The maximum atomic E-state index is 9.67. The van der Waals surface area contributed by atoms with E-state index >= 15 is 0 Å². The lowest BCUT2D eigenvalue weighted by molar-refractivity contribution is 0.00819. The molecule has 2 rings (SSSR count). The SMILES string of the molecule is CCCCCCCCCCCCCCCCCCOc1ccc(C([SH2+])Cc2ccccc2)cc1.FC(F)F. The van der Waals surface area contributed by atoms with Crippen LogP contribution in [0.25, 0.3) is 0 Å². The fourth-order valence-corrected chi connectivity index (χ4v) is 5.03. The highest BCUT2D eigenvalue weighted by atomic mass is 32.1. The Morgan fingerprint density at radius 2 is 1.03 bits per heavy atom. The van der Waals surface area contributed by atoms with Crippen molar-refractivity contribution in [2.45, 2.75) is 128 Å². The van der Waals surface area contributed by atoms with Crippen LogP contribution in [0.1, 0.15) is 126 Å². The molecule has 1 nitrogen and oxygen atoms in total. The van der Waals surface area contributed by atoms with E-state index in [1.165, 1.54) is 107 Å². The summed E-state index contributed by atoms with van der Waals surface area (Å²) < 4.78 is 35.0. The molecule has 0 fully saturated rings. The molecule has 0 saturated carbocycles. The highest BCUT2D eigenvalue weighted by molar-refractivity contribution is 7.59. The largest absolute Gasteiger partial charge is 0.494 e. The topological polar surface area (TPSA) is 9.23 Å². The second-order valence-corrected chi connectivity index (χ2v) is 10.9. The Balaban J connectivity index is 0.00000168. The van der Waals surface area contributed by atoms with Crippen molar-refractivity contribution in [1.29, 1.82) is 0 Å². The molecule has 0 aromatic heterocycles. The molecular weight excluding hydrogens is 501 g/mol. The number of hydrogen-bond donors (Lipinski definition) is 0. The molecule has 216 valence electrons. The van der Waals surface area contributed by atoms with E-state index < -0.39 is 6.68 Å². The van der Waals surface area contributed by atoms with Crippen molar-refractivity contribution in [2.24, 2.45) is 0 Å². The van der Waals surface area contributed by atoms with E-state index in [0.717, 1.165) is 25.2 Å². The Morgan fingerprint density at radius 3 is 1.47 bits per heavy atom. The maximum absolute atomic E-state index is 9.67. The molecule has 0 radical (unpaired) electrons. The summed E-state index contributed by atoms with van der Waals surface area (Å²) in [6.45, 7) is -0.540. The van der Waals surface area contributed by atoms with Crippen molar-refractivity contribution >= 4 is 12.6 Å². The number of rotatable bonds is 21. The Hall–Kier alpha value is -1.62. The van der Waals surface area contributed by atoms with E-state index in [0.29, 0.717) is 5.25 Å². The van der Waals surface area contributed by atoms with Crippen LogP contribution in [-0.4, -0.2) is 13.3 Å². The van der Waals surface area contributed by atoms with Gasteiger partial charge in [-0.3, -0.25) is 0 Å². The third kappa shape index (κ3) is 20.4. The zero-order chi connectivity index (χ0) is 27.7. The van der Waals surface area contributed by atoms with Crippen LogP contribution < -0.4 is 4.74 Å². The van der Waals surface area contributed by atoms with Gasteiger partial charge in [-0.25, -0.2) is 0 Å². The van der Waals surface area contributed by atoms with Crippen molar-refractivity contribution in [1.82, 2.24) is 0 Å². The highest BCUT2D eigenvalue weighted by Crippen LogP contribution is 2.22. The lowest BCUT2D eigenvalue weighted by Gasteiger charge is -2.09. The van der Waals surface area contributed by atoms with Crippen molar-refractivity contribution in [2.75, 3.05) is 6.61 Å². The molecule has 0 aliphatic rings. The monoisotopic (exact) mass is 553 g/mol. The van der Waals surface area contributed by atoms with Crippen LogP contribution in [0.15, 0.2) is 54.6 Å². The molecule has 1 atom stereocenters. The smallest absolute Gasteiger partial charge is 0.379 e. The van der Waals surface area contributed by atoms with E-state index in [-0.39, 0.29) is 0 Å². The first-order valence-corrected chi connectivity index (χ1v) is 15.5. The molecule has 0 bridgehead atoms. The average Bonchev–Trinajstić information content (AvgIpc) is 2.91. The van der Waals surface area contributed by atoms with Gasteiger partial charge in [-0.15, -0.1) is 0 Å².